The van der Waals surface area contributed by atoms with Gasteiger partial charge >= 0.3 is 0 Å². The zero-order chi connectivity index (χ0) is 18.7. The van der Waals surface area contributed by atoms with Crippen molar-refractivity contribution in [2.45, 2.75) is 57.8 Å². The van der Waals surface area contributed by atoms with Gasteiger partial charge in [-0.2, -0.15) is 0 Å². The van der Waals surface area contributed by atoms with E-state index >= 15 is 0 Å². The standard InChI is InChI=1S/C23H30O2Si/c1-17(20-13-8-11-18-10-5-6-12-21(18)20)9-7-14-22(24)19-15-23(25-16-19)26(2,3)4/h5-6,8,10-13,15-17,22,24H,7,9,14H2,1-4H3. The molecule has 2 nitrogen and oxygen atoms in total. The van der Waals surface area contributed by atoms with E-state index in [0.717, 1.165) is 30.2 Å². The van der Waals surface area contributed by atoms with Crippen molar-refractivity contribution in [1.29, 1.82) is 0 Å². The van der Waals surface area contributed by atoms with E-state index in [1.54, 1.807) is 6.26 Å². The van der Waals surface area contributed by atoms with E-state index in [1.807, 2.05) is 0 Å². The Labute approximate surface area is 157 Å². The summed E-state index contributed by atoms with van der Waals surface area (Å²) in [6.45, 7) is 9.06. The van der Waals surface area contributed by atoms with Crippen LogP contribution in [0.2, 0.25) is 19.6 Å². The Morgan fingerprint density at radius 2 is 1.73 bits per heavy atom. The first kappa shape index (κ1) is 18.9. The molecule has 0 amide bonds. The fraction of sp³-hybridized carbons (Fsp3) is 0.391. The Bertz CT molecular complexity index is 855. The lowest BCUT2D eigenvalue weighted by molar-refractivity contribution is 0.162. The van der Waals surface area contributed by atoms with Gasteiger partial charge in [-0.3, -0.25) is 0 Å². The molecule has 0 aliphatic carbocycles. The largest absolute Gasteiger partial charge is 0.474 e. The molecule has 2 unspecified atom stereocenters. The molecule has 3 rings (SSSR count). The van der Waals surface area contributed by atoms with Crippen molar-refractivity contribution in [2.75, 3.05) is 0 Å². The van der Waals surface area contributed by atoms with E-state index in [0.29, 0.717) is 5.92 Å². The van der Waals surface area contributed by atoms with Crippen molar-refractivity contribution in [3.05, 3.63) is 65.9 Å². The monoisotopic (exact) mass is 366 g/mol. The number of furan rings is 1. The fourth-order valence-electron chi connectivity index (χ4n) is 3.54. The summed E-state index contributed by atoms with van der Waals surface area (Å²) in [6, 6.07) is 17.2. The van der Waals surface area contributed by atoms with Crippen molar-refractivity contribution in [3.63, 3.8) is 0 Å². The van der Waals surface area contributed by atoms with Gasteiger partial charge < -0.3 is 9.52 Å². The van der Waals surface area contributed by atoms with Gasteiger partial charge in [0.15, 0.2) is 0 Å². The molecule has 1 N–H and O–H groups in total. The molecule has 0 saturated carbocycles. The van der Waals surface area contributed by atoms with Crippen LogP contribution in [0.3, 0.4) is 0 Å². The summed E-state index contributed by atoms with van der Waals surface area (Å²) in [5.41, 5.74) is 2.34. The highest BCUT2D eigenvalue weighted by atomic mass is 28.3. The van der Waals surface area contributed by atoms with Gasteiger partial charge in [-0.05, 0) is 47.6 Å². The maximum atomic E-state index is 10.5. The number of rotatable bonds is 7. The molecule has 0 aliphatic heterocycles. The molecular formula is C23H30O2Si. The topological polar surface area (TPSA) is 33.4 Å². The minimum Gasteiger partial charge on any atom is -0.474 e. The van der Waals surface area contributed by atoms with Gasteiger partial charge in [0.05, 0.1) is 17.8 Å². The van der Waals surface area contributed by atoms with Gasteiger partial charge in [-0.1, -0.05) is 69.0 Å². The molecule has 0 aliphatic rings. The van der Waals surface area contributed by atoms with Crippen LogP contribution < -0.4 is 5.38 Å². The van der Waals surface area contributed by atoms with Crippen LogP contribution in [0.25, 0.3) is 10.8 Å². The predicted octanol–water partition coefficient (Wildman–Crippen LogP) is 5.99. The molecule has 3 aromatic rings. The van der Waals surface area contributed by atoms with E-state index in [9.17, 15) is 5.11 Å². The minimum atomic E-state index is -1.46. The molecule has 0 spiro atoms. The van der Waals surface area contributed by atoms with Gasteiger partial charge in [0.1, 0.15) is 8.07 Å². The average molecular weight is 367 g/mol. The van der Waals surface area contributed by atoms with Crippen LogP contribution in [0.1, 0.15) is 49.3 Å². The van der Waals surface area contributed by atoms with Crippen LogP contribution in [-0.4, -0.2) is 13.2 Å². The van der Waals surface area contributed by atoms with Crippen LogP contribution in [0.15, 0.2) is 59.2 Å². The summed E-state index contributed by atoms with van der Waals surface area (Å²) in [5.74, 6) is 0.482. The third-order valence-corrected chi connectivity index (χ3v) is 6.95. The highest BCUT2D eigenvalue weighted by Gasteiger charge is 2.22. The van der Waals surface area contributed by atoms with Gasteiger partial charge in [0.2, 0.25) is 0 Å². The highest BCUT2D eigenvalue weighted by molar-refractivity contribution is 6.87. The lowest BCUT2D eigenvalue weighted by Crippen LogP contribution is -2.36. The summed E-state index contributed by atoms with van der Waals surface area (Å²) in [4.78, 5) is 0. The van der Waals surface area contributed by atoms with Crippen LogP contribution in [-0.2, 0) is 0 Å². The first-order valence-corrected chi connectivity index (χ1v) is 13.1. The maximum absolute atomic E-state index is 10.5. The SMILES string of the molecule is CC(CCCC(O)c1coc([Si](C)(C)C)c1)c1cccc2ccccc12. The molecule has 138 valence electrons. The van der Waals surface area contributed by atoms with E-state index in [4.69, 9.17) is 4.42 Å². The molecule has 26 heavy (non-hydrogen) atoms. The van der Waals surface area contributed by atoms with Crippen LogP contribution >= 0.6 is 0 Å². The van der Waals surface area contributed by atoms with Gasteiger partial charge in [-0.25, -0.2) is 0 Å². The summed E-state index contributed by atoms with van der Waals surface area (Å²) in [7, 11) is -1.46. The second-order valence-electron chi connectivity index (χ2n) is 8.41. The van der Waals surface area contributed by atoms with Crippen LogP contribution in [0, 0.1) is 0 Å². The molecule has 1 heterocycles. The summed E-state index contributed by atoms with van der Waals surface area (Å²) in [6.07, 6.45) is 4.16. The van der Waals surface area contributed by atoms with Crippen molar-refractivity contribution in [3.8, 4) is 0 Å². The number of aliphatic hydroxyl groups excluding tert-OH is 1. The van der Waals surface area contributed by atoms with Crippen LogP contribution in [0.5, 0.6) is 0 Å². The van der Waals surface area contributed by atoms with Crippen LogP contribution in [0.4, 0.5) is 0 Å². The predicted molar refractivity (Wildman–Crippen MR) is 113 cm³/mol. The zero-order valence-corrected chi connectivity index (χ0v) is 17.3. The number of aliphatic hydroxyl groups is 1. The average Bonchev–Trinajstić information content (AvgIpc) is 3.11. The minimum absolute atomic E-state index is 0.427. The van der Waals surface area contributed by atoms with Gasteiger partial charge in [-0.15, -0.1) is 0 Å². The number of hydrogen-bond donors (Lipinski definition) is 1. The molecule has 0 radical (unpaired) electrons. The second kappa shape index (κ2) is 7.81. The quantitative estimate of drug-likeness (QED) is 0.521. The summed E-state index contributed by atoms with van der Waals surface area (Å²) in [5, 5.41) is 14.2. The second-order valence-corrected chi connectivity index (χ2v) is 13.4. The molecule has 0 saturated heterocycles. The van der Waals surface area contributed by atoms with Crippen molar-refractivity contribution < 1.29 is 9.52 Å². The molecule has 1 aromatic heterocycles. The molecular weight excluding hydrogens is 336 g/mol. The Balaban J connectivity index is 1.59. The van der Waals surface area contributed by atoms with Crippen molar-refractivity contribution in [2.24, 2.45) is 0 Å². The third-order valence-electron chi connectivity index (χ3n) is 5.21. The molecule has 2 atom stereocenters. The number of benzene rings is 2. The summed E-state index contributed by atoms with van der Waals surface area (Å²) >= 11 is 0. The molecule has 3 heteroatoms. The Kier molecular flexibility index (Phi) is 5.69. The lowest BCUT2D eigenvalue weighted by atomic mass is 9.90. The van der Waals surface area contributed by atoms with Gasteiger partial charge in [0, 0.05) is 5.56 Å². The van der Waals surface area contributed by atoms with E-state index in [-0.39, 0.29) is 0 Å². The lowest BCUT2D eigenvalue weighted by Gasteiger charge is -2.16. The normalized spacial score (nSPS) is 14.5. The Hall–Kier alpha value is -1.84. The summed E-state index contributed by atoms with van der Waals surface area (Å²) < 4.78 is 5.70. The first-order valence-electron chi connectivity index (χ1n) is 9.61. The third kappa shape index (κ3) is 4.28. The highest BCUT2D eigenvalue weighted by Crippen LogP contribution is 2.30. The maximum Gasteiger partial charge on any atom is 0.123 e. The van der Waals surface area contributed by atoms with Crippen molar-refractivity contribution in [1.82, 2.24) is 0 Å². The first-order chi connectivity index (χ1) is 12.4. The van der Waals surface area contributed by atoms with Crippen molar-refractivity contribution >= 4 is 24.2 Å². The fourth-order valence-corrected chi connectivity index (χ4v) is 4.55. The van der Waals surface area contributed by atoms with E-state index in [2.05, 4.69) is 75.1 Å². The van der Waals surface area contributed by atoms with E-state index in [1.165, 1.54) is 16.3 Å². The Morgan fingerprint density at radius 3 is 2.46 bits per heavy atom. The van der Waals surface area contributed by atoms with E-state index < -0.39 is 14.2 Å². The number of hydrogen-bond acceptors (Lipinski definition) is 2. The zero-order valence-electron chi connectivity index (χ0n) is 16.3. The smallest absolute Gasteiger partial charge is 0.123 e. The molecule has 0 fully saturated rings. The number of fused-ring (bicyclic) bond motifs is 1. The molecule has 0 bridgehead atoms. The Morgan fingerprint density at radius 1 is 1.00 bits per heavy atom. The molecule has 2 aromatic carbocycles. The van der Waals surface area contributed by atoms with Gasteiger partial charge in [0.25, 0.3) is 0 Å².